The zero-order chi connectivity index (χ0) is 14.7. The highest BCUT2D eigenvalue weighted by molar-refractivity contribution is 5.77. The Balaban J connectivity index is 2.29. The molecule has 0 bridgehead atoms. The van der Waals surface area contributed by atoms with Crippen LogP contribution in [0.15, 0.2) is 24.5 Å². The number of benzene rings is 1. The average molecular weight is 279 g/mol. The van der Waals surface area contributed by atoms with E-state index in [1.165, 1.54) is 12.4 Å². The smallest absolute Gasteiger partial charge is 0.159 e. The van der Waals surface area contributed by atoms with E-state index >= 15 is 0 Å². The molecule has 7 heteroatoms. The first kappa shape index (κ1) is 14.0. The second-order valence-electron chi connectivity index (χ2n) is 4.53. The van der Waals surface area contributed by atoms with Gasteiger partial charge in [0.05, 0.1) is 5.69 Å². The molecule has 0 spiro atoms. The van der Waals surface area contributed by atoms with Crippen molar-refractivity contribution in [3.05, 3.63) is 36.2 Å². The van der Waals surface area contributed by atoms with Crippen molar-refractivity contribution in [1.29, 1.82) is 0 Å². The fourth-order valence-electron chi connectivity index (χ4n) is 1.60. The minimum absolute atomic E-state index is 0.0901. The number of nitrogens with two attached hydrogens (primary N) is 1. The van der Waals surface area contributed by atoms with E-state index in [2.05, 4.69) is 20.6 Å². The Hall–Kier alpha value is -2.44. The van der Waals surface area contributed by atoms with Gasteiger partial charge in [-0.15, -0.1) is 0 Å². The molecule has 0 saturated heterocycles. The van der Waals surface area contributed by atoms with Gasteiger partial charge in [-0.2, -0.15) is 0 Å². The highest BCUT2D eigenvalue weighted by Gasteiger charge is 2.11. The summed E-state index contributed by atoms with van der Waals surface area (Å²) in [6, 6.07) is 3.35. The first-order valence-corrected chi connectivity index (χ1v) is 6.06. The molecule has 2 rings (SSSR count). The Morgan fingerprint density at radius 3 is 2.50 bits per heavy atom. The molecular formula is C13H15F2N5. The highest BCUT2D eigenvalue weighted by atomic mass is 19.1. The van der Waals surface area contributed by atoms with Crippen LogP contribution < -0.4 is 16.4 Å². The Bertz CT molecular complexity index is 616. The topological polar surface area (TPSA) is 75.9 Å². The largest absolute Gasteiger partial charge is 0.393 e. The third kappa shape index (κ3) is 3.11. The Kier molecular flexibility index (Phi) is 3.97. The van der Waals surface area contributed by atoms with E-state index in [0.717, 1.165) is 12.1 Å². The van der Waals surface area contributed by atoms with Gasteiger partial charge in [0.25, 0.3) is 0 Å². The van der Waals surface area contributed by atoms with Gasteiger partial charge in [0.2, 0.25) is 0 Å². The van der Waals surface area contributed by atoms with Crippen LogP contribution in [0.5, 0.6) is 0 Å². The SMILES string of the molecule is CC(C)Nc1ncnc(Nc2ccc(F)cc2F)c1N. The number of nitrogens with zero attached hydrogens (tertiary/aromatic N) is 2. The summed E-state index contributed by atoms with van der Waals surface area (Å²) >= 11 is 0. The molecule has 0 atom stereocenters. The number of hydrogen-bond donors (Lipinski definition) is 3. The minimum Gasteiger partial charge on any atom is -0.393 e. The van der Waals surface area contributed by atoms with E-state index in [9.17, 15) is 8.78 Å². The van der Waals surface area contributed by atoms with Crippen LogP contribution in [0.3, 0.4) is 0 Å². The van der Waals surface area contributed by atoms with E-state index in [1.54, 1.807) is 0 Å². The van der Waals surface area contributed by atoms with Crippen LogP contribution in [0.2, 0.25) is 0 Å². The maximum atomic E-state index is 13.6. The van der Waals surface area contributed by atoms with Crippen molar-refractivity contribution in [3.8, 4) is 0 Å². The lowest BCUT2D eigenvalue weighted by Gasteiger charge is -2.14. The fraction of sp³-hybridized carbons (Fsp3) is 0.231. The zero-order valence-electron chi connectivity index (χ0n) is 11.1. The molecule has 4 N–H and O–H groups in total. The lowest BCUT2D eigenvalue weighted by molar-refractivity contribution is 0.586. The lowest BCUT2D eigenvalue weighted by Crippen LogP contribution is -2.14. The zero-order valence-corrected chi connectivity index (χ0v) is 11.1. The van der Waals surface area contributed by atoms with Crippen molar-refractivity contribution in [1.82, 2.24) is 9.97 Å². The van der Waals surface area contributed by atoms with Gasteiger partial charge in [0, 0.05) is 12.1 Å². The first-order valence-electron chi connectivity index (χ1n) is 6.06. The molecule has 0 amide bonds. The standard InChI is InChI=1S/C13H15F2N5/c1-7(2)19-12-11(16)13(18-6-17-12)20-10-4-3-8(14)5-9(10)15/h3-7H,16H2,1-2H3,(H2,17,18,19,20). The molecule has 5 nitrogen and oxygen atoms in total. The summed E-state index contributed by atoms with van der Waals surface area (Å²) in [6.45, 7) is 3.88. The summed E-state index contributed by atoms with van der Waals surface area (Å²) in [5.74, 6) is -0.652. The van der Waals surface area contributed by atoms with E-state index in [0.29, 0.717) is 5.82 Å². The number of nitrogen functional groups attached to an aromatic ring is 1. The van der Waals surface area contributed by atoms with Gasteiger partial charge < -0.3 is 16.4 Å². The predicted octanol–water partition coefficient (Wildman–Crippen LogP) is 2.90. The summed E-state index contributed by atoms with van der Waals surface area (Å²) in [5, 5.41) is 5.78. The van der Waals surface area contributed by atoms with E-state index < -0.39 is 11.6 Å². The van der Waals surface area contributed by atoms with Crippen molar-refractivity contribution in [3.63, 3.8) is 0 Å². The summed E-state index contributed by atoms with van der Waals surface area (Å²) in [4.78, 5) is 7.97. The molecule has 0 aliphatic rings. The molecule has 0 unspecified atom stereocenters. The van der Waals surface area contributed by atoms with Crippen LogP contribution in [0.25, 0.3) is 0 Å². The summed E-state index contributed by atoms with van der Waals surface area (Å²) in [7, 11) is 0. The van der Waals surface area contributed by atoms with Crippen molar-refractivity contribution in [2.24, 2.45) is 0 Å². The number of nitrogens with one attached hydrogen (secondary N) is 2. The van der Waals surface area contributed by atoms with Gasteiger partial charge in [-0.25, -0.2) is 18.7 Å². The molecule has 1 aromatic heterocycles. The third-order valence-corrected chi connectivity index (χ3v) is 2.49. The molecule has 0 radical (unpaired) electrons. The number of halogens is 2. The summed E-state index contributed by atoms with van der Waals surface area (Å²) in [6.07, 6.45) is 1.31. The molecule has 0 aliphatic carbocycles. The number of rotatable bonds is 4. The van der Waals surface area contributed by atoms with Gasteiger partial charge in [-0.1, -0.05) is 0 Å². The molecule has 2 aromatic rings. The second kappa shape index (κ2) is 5.68. The molecule has 20 heavy (non-hydrogen) atoms. The molecule has 1 aromatic carbocycles. The summed E-state index contributed by atoms with van der Waals surface area (Å²) in [5.41, 5.74) is 6.27. The van der Waals surface area contributed by atoms with Crippen LogP contribution in [0.4, 0.5) is 31.8 Å². The van der Waals surface area contributed by atoms with Crippen LogP contribution in [0, 0.1) is 11.6 Å². The molecule has 1 heterocycles. The van der Waals surface area contributed by atoms with E-state index in [1.807, 2.05) is 13.8 Å². The molecular weight excluding hydrogens is 264 g/mol. The average Bonchev–Trinajstić information content (AvgIpc) is 2.36. The fourth-order valence-corrected chi connectivity index (χ4v) is 1.60. The third-order valence-electron chi connectivity index (χ3n) is 2.49. The number of anilines is 4. The maximum absolute atomic E-state index is 13.6. The highest BCUT2D eigenvalue weighted by Crippen LogP contribution is 2.27. The van der Waals surface area contributed by atoms with Crippen molar-refractivity contribution < 1.29 is 8.78 Å². The van der Waals surface area contributed by atoms with Crippen molar-refractivity contribution in [2.45, 2.75) is 19.9 Å². The Morgan fingerprint density at radius 2 is 1.85 bits per heavy atom. The van der Waals surface area contributed by atoms with Gasteiger partial charge in [0.15, 0.2) is 11.6 Å². The van der Waals surface area contributed by atoms with Gasteiger partial charge in [-0.3, -0.25) is 0 Å². The van der Waals surface area contributed by atoms with Crippen molar-refractivity contribution >= 4 is 23.0 Å². The maximum Gasteiger partial charge on any atom is 0.159 e. The van der Waals surface area contributed by atoms with Gasteiger partial charge >= 0.3 is 0 Å². The van der Waals surface area contributed by atoms with Gasteiger partial charge in [0.1, 0.15) is 23.6 Å². The van der Waals surface area contributed by atoms with Crippen LogP contribution >= 0.6 is 0 Å². The van der Waals surface area contributed by atoms with Crippen LogP contribution in [0.1, 0.15) is 13.8 Å². The number of aromatic nitrogens is 2. The monoisotopic (exact) mass is 279 g/mol. The second-order valence-corrected chi connectivity index (χ2v) is 4.53. The van der Waals surface area contributed by atoms with E-state index in [4.69, 9.17) is 5.73 Å². The first-order chi connectivity index (χ1) is 9.47. The number of hydrogen-bond acceptors (Lipinski definition) is 5. The molecule has 0 saturated carbocycles. The van der Waals surface area contributed by atoms with Crippen LogP contribution in [-0.4, -0.2) is 16.0 Å². The lowest BCUT2D eigenvalue weighted by atomic mass is 10.3. The van der Waals surface area contributed by atoms with Gasteiger partial charge in [-0.05, 0) is 26.0 Å². The van der Waals surface area contributed by atoms with Crippen LogP contribution in [-0.2, 0) is 0 Å². The Labute approximate surface area is 115 Å². The Morgan fingerprint density at radius 1 is 1.15 bits per heavy atom. The molecule has 0 aliphatic heterocycles. The van der Waals surface area contributed by atoms with E-state index in [-0.39, 0.29) is 23.2 Å². The normalized spacial score (nSPS) is 10.7. The summed E-state index contributed by atoms with van der Waals surface area (Å²) < 4.78 is 26.4. The predicted molar refractivity (Wildman–Crippen MR) is 74.8 cm³/mol. The molecule has 0 fully saturated rings. The quantitative estimate of drug-likeness (QED) is 0.802. The minimum atomic E-state index is -0.721. The molecule has 106 valence electrons. The van der Waals surface area contributed by atoms with Crippen molar-refractivity contribution in [2.75, 3.05) is 16.4 Å².